The first-order chi connectivity index (χ1) is 18.3. The third-order valence-corrected chi connectivity index (χ3v) is 8.78. The fourth-order valence-corrected chi connectivity index (χ4v) is 6.84. The van der Waals surface area contributed by atoms with E-state index in [1.54, 1.807) is 0 Å². The number of hydrogen-bond acceptors (Lipinski definition) is 9. The number of nitrogens with zero attached hydrogens (tertiary/aromatic N) is 3. The highest BCUT2D eigenvalue weighted by molar-refractivity contribution is 5.83. The normalized spacial score (nSPS) is 37.9. The molecule has 3 N–H and O–H groups in total. The van der Waals surface area contributed by atoms with Crippen LogP contribution in [0.25, 0.3) is 0 Å². The van der Waals surface area contributed by atoms with Crippen molar-refractivity contribution in [2.24, 2.45) is 0 Å². The molecule has 5 aliphatic rings. The van der Waals surface area contributed by atoms with E-state index in [9.17, 15) is 24.6 Å². The minimum atomic E-state index is -1.25. The van der Waals surface area contributed by atoms with Gasteiger partial charge in [-0.1, -0.05) is 19.3 Å². The number of carbonyl (C=O) groups excluding carboxylic acids is 3. The van der Waals surface area contributed by atoms with Gasteiger partial charge in [0.2, 0.25) is 17.7 Å². The zero-order valence-corrected chi connectivity index (χ0v) is 22.2. The summed E-state index contributed by atoms with van der Waals surface area (Å²) in [6, 6.07) is -0.179. The van der Waals surface area contributed by atoms with Crippen molar-refractivity contribution in [3.8, 4) is 0 Å². The van der Waals surface area contributed by atoms with Crippen LogP contribution in [0, 0.1) is 0 Å². The number of carbonyl (C=O) groups is 3. The van der Waals surface area contributed by atoms with E-state index in [1.165, 1.54) is 18.4 Å². The summed E-state index contributed by atoms with van der Waals surface area (Å²) in [6.45, 7) is 1.84. The summed E-state index contributed by atoms with van der Waals surface area (Å²) in [4.78, 5) is 45.4. The number of aliphatic hydroxyl groups excluding tert-OH is 2. The van der Waals surface area contributed by atoms with Crippen LogP contribution in [0.4, 0.5) is 0 Å². The van der Waals surface area contributed by atoms with Crippen molar-refractivity contribution >= 4 is 17.7 Å². The maximum absolute atomic E-state index is 13.9. The predicted molar refractivity (Wildman–Crippen MR) is 134 cm³/mol. The zero-order chi connectivity index (χ0) is 26.8. The van der Waals surface area contributed by atoms with Crippen LogP contribution in [-0.2, 0) is 28.6 Å². The van der Waals surface area contributed by atoms with Crippen molar-refractivity contribution in [1.29, 1.82) is 0 Å². The number of hydrogen-bond donors (Lipinski definition) is 3. The van der Waals surface area contributed by atoms with Gasteiger partial charge in [0, 0.05) is 51.9 Å². The molecule has 0 aromatic carbocycles. The molecular formula is C26H42N4O8. The number of rotatable bonds is 3. The van der Waals surface area contributed by atoms with Crippen molar-refractivity contribution in [3.63, 3.8) is 0 Å². The number of fused-ring (bicyclic) bond motifs is 6. The molecule has 1 aliphatic carbocycles. The Labute approximate surface area is 223 Å². The highest BCUT2D eigenvalue weighted by Crippen LogP contribution is 2.31. The fourth-order valence-electron chi connectivity index (χ4n) is 6.84. The van der Waals surface area contributed by atoms with Gasteiger partial charge in [0.15, 0.2) is 0 Å². The first kappa shape index (κ1) is 27.7. The van der Waals surface area contributed by atoms with Gasteiger partial charge >= 0.3 is 0 Å². The Morgan fingerprint density at radius 2 is 1.82 bits per heavy atom. The molecule has 0 spiro atoms. The number of aliphatic hydroxyl groups is 2. The topological polar surface area (TPSA) is 141 Å². The molecule has 4 saturated heterocycles. The van der Waals surface area contributed by atoms with Gasteiger partial charge in [-0.2, -0.15) is 0 Å². The fraction of sp³-hybridized carbons (Fsp3) is 0.885. The van der Waals surface area contributed by atoms with Crippen LogP contribution in [0.15, 0.2) is 0 Å². The molecular weight excluding hydrogens is 496 g/mol. The van der Waals surface area contributed by atoms with Gasteiger partial charge in [0.25, 0.3) is 0 Å². The van der Waals surface area contributed by atoms with Crippen LogP contribution in [0.1, 0.15) is 44.9 Å². The summed E-state index contributed by atoms with van der Waals surface area (Å²) >= 11 is 0. The standard InChI is InChI=1S/C26H42N4O8/c1-36-15-23(32)29-13-18-12-28(7-8-37-18)26(35)19-9-16(11-30(19)17-5-3-2-4-6-17)27-22(31)10-20-24(33)25(34)21(14-29)38-20/h16-21,24-25,33-34H,2-15H2,1H3,(H,27,31)/t16-,18-,19-,20-,21+,24-,25+/m0/s1. The molecule has 5 rings (SSSR count). The monoisotopic (exact) mass is 538 g/mol. The second-order valence-electron chi connectivity index (χ2n) is 11.4. The van der Waals surface area contributed by atoms with Crippen molar-refractivity contribution in [2.45, 2.75) is 93.6 Å². The van der Waals surface area contributed by atoms with Gasteiger partial charge in [0.05, 0.1) is 31.3 Å². The van der Waals surface area contributed by atoms with Crippen LogP contribution >= 0.6 is 0 Å². The molecule has 0 unspecified atom stereocenters. The maximum Gasteiger partial charge on any atom is 0.248 e. The molecule has 0 aromatic heterocycles. The molecule has 3 amide bonds. The Balaban J connectivity index is 1.40. The second-order valence-corrected chi connectivity index (χ2v) is 11.4. The molecule has 1 saturated carbocycles. The lowest BCUT2D eigenvalue weighted by Gasteiger charge is -2.40. The molecule has 12 heteroatoms. The molecule has 214 valence electrons. The van der Waals surface area contributed by atoms with E-state index in [1.807, 2.05) is 4.90 Å². The zero-order valence-electron chi connectivity index (χ0n) is 22.2. The van der Waals surface area contributed by atoms with Gasteiger partial charge in [0.1, 0.15) is 24.9 Å². The highest BCUT2D eigenvalue weighted by Gasteiger charge is 2.47. The third-order valence-electron chi connectivity index (χ3n) is 8.78. The number of likely N-dealkylation sites (tertiary alicyclic amines) is 1. The van der Waals surface area contributed by atoms with Crippen LogP contribution in [0.5, 0.6) is 0 Å². The number of morpholine rings is 1. The van der Waals surface area contributed by atoms with Gasteiger partial charge in [-0.3, -0.25) is 19.3 Å². The summed E-state index contributed by atoms with van der Waals surface area (Å²) in [5.74, 6) is -0.541. The lowest BCUT2D eigenvalue weighted by atomic mass is 9.93. The van der Waals surface area contributed by atoms with Gasteiger partial charge < -0.3 is 39.5 Å². The van der Waals surface area contributed by atoms with E-state index in [0.29, 0.717) is 38.7 Å². The van der Waals surface area contributed by atoms with E-state index in [2.05, 4.69) is 10.2 Å². The maximum atomic E-state index is 13.9. The molecule has 7 atom stereocenters. The van der Waals surface area contributed by atoms with Crippen molar-refractivity contribution in [2.75, 3.05) is 53.0 Å². The molecule has 4 heterocycles. The lowest BCUT2D eigenvalue weighted by molar-refractivity contribution is -0.149. The Morgan fingerprint density at radius 3 is 2.58 bits per heavy atom. The molecule has 5 fully saturated rings. The molecule has 0 radical (unpaired) electrons. The smallest absolute Gasteiger partial charge is 0.248 e. The summed E-state index contributed by atoms with van der Waals surface area (Å²) in [7, 11) is 1.43. The Kier molecular flexibility index (Phi) is 8.85. The van der Waals surface area contributed by atoms with Crippen LogP contribution in [0.2, 0.25) is 0 Å². The Morgan fingerprint density at radius 1 is 1.05 bits per heavy atom. The molecule has 12 nitrogen and oxygen atoms in total. The second kappa shape index (κ2) is 12.1. The third kappa shape index (κ3) is 6.00. The predicted octanol–water partition coefficient (Wildman–Crippen LogP) is -1.53. The van der Waals surface area contributed by atoms with E-state index in [4.69, 9.17) is 14.2 Å². The number of methoxy groups -OCH3 is 1. The Bertz CT molecular complexity index is 870. The number of ether oxygens (including phenoxy) is 3. The largest absolute Gasteiger partial charge is 0.388 e. The summed E-state index contributed by atoms with van der Waals surface area (Å²) in [5, 5.41) is 24.4. The summed E-state index contributed by atoms with van der Waals surface area (Å²) < 4.78 is 16.9. The average molecular weight is 539 g/mol. The minimum absolute atomic E-state index is 0.00700. The molecule has 4 aliphatic heterocycles. The summed E-state index contributed by atoms with van der Waals surface area (Å²) in [5.41, 5.74) is 0. The van der Waals surface area contributed by atoms with Gasteiger partial charge in [-0.15, -0.1) is 0 Å². The van der Waals surface area contributed by atoms with Crippen LogP contribution in [-0.4, -0.2) is 144 Å². The highest BCUT2D eigenvalue weighted by atomic mass is 16.5. The lowest BCUT2D eigenvalue weighted by Crippen LogP contribution is -2.56. The molecule has 6 bridgehead atoms. The van der Waals surface area contributed by atoms with Crippen LogP contribution < -0.4 is 5.32 Å². The number of amides is 3. The average Bonchev–Trinajstić information content (AvgIpc) is 3.44. The van der Waals surface area contributed by atoms with Crippen molar-refractivity contribution < 1.29 is 38.8 Å². The van der Waals surface area contributed by atoms with E-state index < -0.39 is 30.5 Å². The summed E-state index contributed by atoms with van der Waals surface area (Å²) in [6.07, 6.45) is 1.36. The minimum Gasteiger partial charge on any atom is -0.388 e. The first-order valence-electron chi connectivity index (χ1n) is 14.1. The van der Waals surface area contributed by atoms with Gasteiger partial charge in [-0.25, -0.2) is 0 Å². The van der Waals surface area contributed by atoms with E-state index in [0.717, 1.165) is 25.7 Å². The van der Waals surface area contributed by atoms with Crippen LogP contribution in [0.3, 0.4) is 0 Å². The van der Waals surface area contributed by atoms with E-state index in [-0.39, 0.29) is 55.9 Å². The first-order valence-corrected chi connectivity index (χ1v) is 14.1. The van der Waals surface area contributed by atoms with Gasteiger partial charge in [-0.05, 0) is 19.3 Å². The number of nitrogens with one attached hydrogen (secondary N) is 1. The quantitative estimate of drug-likeness (QED) is 0.390. The van der Waals surface area contributed by atoms with Crippen molar-refractivity contribution in [1.82, 2.24) is 20.0 Å². The Hall–Kier alpha value is -1.83. The van der Waals surface area contributed by atoms with E-state index >= 15 is 0 Å². The molecule has 0 aromatic rings. The van der Waals surface area contributed by atoms with Crippen molar-refractivity contribution in [3.05, 3.63) is 0 Å². The SMILES string of the molecule is COCC(=O)N1C[C@@H]2CN(CCO2)C(=O)[C@@H]2C[C@@H](CN2C2CCCCC2)NC(=O)C[C@@H]2O[C@H](C1)[C@@H](O)[C@H]2O. The molecule has 38 heavy (non-hydrogen) atoms.